The highest BCUT2D eigenvalue weighted by Gasteiger charge is 2.37. The number of carbonyl (C=O) groups is 1. The molecule has 1 rings (SSSR count). The van der Waals surface area contributed by atoms with E-state index >= 15 is 0 Å². The molecule has 17 heavy (non-hydrogen) atoms. The number of halogens is 1. The van der Waals surface area contributed by atoms with Crippen LogP contribution in [0.2, 0.25) is 0 Å². The van der Waals surface area contributed by atoms with Gasteiger partial charge in [0.1, 0.15) is 5.82 Å². The minimum Gasteiger partial charge on any atom is -0.479 e. The second-order valence-corrected chi connectivity index (χ2v) is 3.78. The van der Waals surface area contributed by atoms with Crippen LogP contribution in [0.4, 0.5) is 10.1 Å². The number of ether oxygens (including phenoxy) is 1. The van der Waals surface area contributed by atoms with Crippen molar-refractivity contribution in [3.05, 3.63) is 30.1 Å². The Morgan fingerprint density at radius 2 is 2.18 bits per heavy atom. The standard InChI is InChI=1S/C12H16FNO3/c1-3-12(8-17-2,11(15)16)14-10-7-5-4-6-9(10)13/h4-7,14H,3,8H2,1-2H3,(H,15,16). The largest absolute Gasteiger partial charge is 0.479 e. The van der Waals surface area contributed by atoms with E-state index in [0.717, 1.165) is 0 Å². The van der Waals surface area contributed by atoms with Crippen LogP contribution in [0.1, 0.15) is 13.3 Å². The molecule has 94 valence electrons. The predicted molar refractivity (Wildman–Crippen MR) is 62.6 cm³/mol. The molecule has 1 aromatic rings. The van der Waals surface area contributed by atoms with Crippen molar-refractivity contribution in [3.63, 3.8) is 0 Å². The van der Waals surface area contributed by atoms with Gasteiger partial charge in [-0.15, -0.1) is 0 Å². The van der Waals surface area contributed by atoms with E-state index in [1.807, 2.05) is 0 Å². The summed E-state index contributed by atoms with van der Waals surface area (Å²) in [7, 11) is 1.41. The van der Waals surface area contributed by atoms with Crippen LogP contribution in [0.15, 0.2) is 24.3 Å². The lowest BCUT2D eigenvalue weighted by Crippen LogP contribution is -2.50. The minimum absolute atomic E-state index is 0.0346. The number of anilines is 1. The van der Waals surface area contributed by atoms with Crippen LogP contribution in [0.3, 0.4) is 0 Å². The number of methoxy groups -OCH3 is 1. The van der Waals surface area contributed by atoms with E-state index in [0.29, 0.717) is 0 Å². The molecule has 0 radical (unpaired) electrons. The number of para-hydroxylation sites is 1. The molecule has 1 unspecified atom stereocenters. The van der Waals surface area contributed by atoms with E-state index in [1.54, 1.807) is 19.1 Å². The van der Waals surface area contributed by atoms with Crippen LogP contribution >= 0.6 is 0 Å². The lowest BCUT2D eigenvalue weighted by Gasteiger charge is -2.29. The Bertz CT molecular complexity index is 397. The number of carboxylic acids is 1. The van der Waals surface area contributed by atoms with Crippen LogP contribution in [0, 0.1) is 5.82 Å². The van der Waals surface area contributed by atoms with Crippen molar-refractivity contribution in [2.24, 2.45) is 0 Å². The molecular formula is C12H16FNO3. The van der Waals surface area contributed by atoms with Crippen LogP contribution in [0.25, 0.3) is 0 Å². The average molecular weight is 241 g/mol. The second-order valence-electron chi connectivity index (χ2n) is 3.78. The fourth-order valence-corrected chi connectivity index (χ4v) is 1.56. The van der Waals surface area contributed by atoms with Gasteiger partial charge in [-0.2, -0.15) is 0 Å². The van der Waals surface area contributed by atoms with E-state index in [-0.39, 0.29) is 18.7 Å². The molecule has 0 saturated heterocycles. The maximum absolute atomic E-state index is 13.5. The van der Waals surface area contributed by atoms with Crippen molar-refractivity contribution < 1.29 is 19.0 Å². The predicted octanol–water partition coefficient (Wildman–Crippen LogP) is 2.12. The third-order valence-electron chi connectivity index (χ3n) is 2.65. The average Bonchev–Trinajstić information content (AvgIpc) is 2.31. The quantitative estimate of drug-likeness (QED) is 0.801. The van der Waals surface area contributed by atoms with Gasteiger partial charge < -0.3 is 15.2 Å². The molecule has 0 aromatic heterocycles. The van der Waals surface area contributed by atoms with Gasteiger partial charge in [0, 0.05) is 7.11 Å². The Labute approximate surface area is 99.4 Å². The van der Waals surface area contributed by atoms with Gasteiger partial charge in [-0.25, -0.2) is 9.18 Å². The normalized spacial score (nSPS) is 14.1. The first-order chi connectivity index (χ1) is 8.05. The molecule has 4 nitrogen and oxygen atoms in total. The summed E-state index contributed by atoms with van der Waals surface area (Å²) in [6.45, 7) is 1.67. The number of benzene rings is 1. The fraction of sp³-hybridized carbons (Fsp3) is 0.417. The summed E-state index contributed by atoms with van der Waals surface area (Å²) in [6, 6.07) is 5.96. The summed E-state index contributed by atoms with van der Waals surface area (Å²) in [5.74, 6) is -1.55. The summed E-state index contributed by atoms with van der Waals surface area (Å²) < 4.78 is 18.4. The first-order valence-electron chi connectivity index (χ1n) is 5.31. The first-order valence-corrected chi connectivity index (χ1v) is 5.31. The molecule has 2 N–H and O–H groups in total. The number of rotatable bonds is 6. The van der Waals surface area contributed by atoms with E-state index in [1.165, 1.54) is 19.2 Å². The second kappa shape index (κ2) is 5.63. The van der Waals surface area contributed by atoms with Crippen molar-refractivity contribution in [3.8, 4) is 0 Å². The van der Waals surface area contributed by atoms with Crippen LogP contribution in [0.5, 0.6) is 0 Å². The van der Waals surface area contributed by atoms with Gasteiger partial charge in [-0.3, -0.25) is 0 Å². The van der Waals surface area contributed by atoms with Crippen LogP contribution < -0.4 is 5.32 Å². The van der Waals surface area contributed by atoms with Crippen molar-refractivity contribution in [1.82, 2.24) is 0 Å². The molecule has 0 fully saturated rings. The molecule has 1 atom stereocenters. The van der Waals surface area contributed by atoms with E-state index in [2.05, 4.69) is 5.32 Å². The number of hydrogen-bond donors (Lipinski definition) is 2. The highest BCUT2D eigenvalue weighted by Crippen LogP contribution is 2.22. The molecule has 0 aliphatic heterocycles. The third kappa shape index (κ3) is 2.94. The molecular weight excluding hydrogens is 225 g/mol. The zero-order chi connectivity index (χ0) is 12.9. The first kappa shape index (κ1) is 13.4. The zero-order valence-electron chi connectivity index (χ0n) is 9.87. The Hall–Kier alpha value is -1.62. The SMILES string of the molecule is CCC(COC)(Nc1ccccc1F)C(=O)O. The molecule has 0 heterocycles. The van der Waals surface area contributed by atoms with Gasteiger partial charge in [0.25, 0.3) is 0 Å². The van der Waals surface area contributed by atoms with Gasteiger partial charge in [0.2, 0.25) is 0 Å². The highest BCUT2D eigenvalue weighted by atomic mass is 19.1. The van der Waals surface area contributed by atoms with E-state index in [9.17, 15) is 14.3 Å². The fourth-order valence-electron chi connectivity index (χ4n) is 1.56. The van der Waals surface area contributed by atoms with E-state index < -0.39 is 17.3 Å². The summed E-state index contributed by atoms with van der Waals surface area (Å²) in [4.78, 5) is 11.3. The topological polar surface area (TPSA) is 58.6 Å². The molecule has 0 amide bonds. The van der Waals surface area contributed by atoms with Crippen molar-refractivity contribution >= 4 is 11.7 Å². The third-order valence-corrected chi connectivity index (χ3v) is 2.65. The summed E-state index contributed by atoms with van der Waals surface area (Å²) >= 11 is 0. The lowest BCUT2D eigenvalue weighted by atomic mass is 9.97. The van der Waals surface area contributed by atoms with Gasteiger partial charge >= 0.3 is 5.97 Å². The maximum Gasteiger partial charge on any atom is 0.331 e. The minimum atomic E-state index is -1.31. The van der Waals surface area contributed by atoms with Gasteiger partial charge in [-0.05, 0) is 18.6 Å². The highest BCUT2D eigenvalue weighted by molar-refractivity contribution is 5.83. The Balaban J connectivity index is 3.01. The maximum atomic E-state index is 13.5. The van der Waals surface area contributed by atoms with Crippen molar-refractivity contribution in [2.75, 3.05) is 19.0 Å². The number of carboxylic acid groups (broad SMARTS) is 1. The molecule has 0 aliphatic carbocycles. The molecule has 0 spiro atoms. The monoisotopic (exact) mass is 241 g/mol. The Kier molecular flexibility index (Phi) is 4.45. The van der Waals surface area contributed by atoms with Crippen LogP contribution in [-0.4, -0.2) is 30.3 Å². The van der Waals surface area contributed by atoms with Gasteiger partial charge in [0.05, 0.1) is 12.3 Å². The lowest BCUT2D eigenvalue weighted by molar-refractivity contribution is -0.144. The van der Waals surface area contributed by atoms with Crippen molar-refractivity contribution in [1.29, 1.82) is 0 Å². The smallest absolute Gasteiger partial charge is 0.331 e. The number of aliphatic carboxylic acids is 1. The summed E-state index contributed by atoms with van der Waals surface area (Å²) in [6.07, 6.45) is 0.282. The van der Waals surface area contributed by atoms with Gasteiger partial charge in [0.15, 0.2) is 5.54 Å². The summed E-state index contributed by atoms with van der Waals surface area (Å²) in [5, 5.41) is 12.0. The Morgan fingerprint density at radius 3 is 2.65 bits per heavy atom. The molecule has 1 aromatic carbocycles. The summed E-state index contributed by atoms with van der Waals surface area (Å²) in [5.41, 5.74) is -1.15. The van der Waals surface area contributed by atoms with E-state index in [4.69, 9.17) is 4.74 Å². The van der Waals surface area contributed by atoms with Crippen LogP contribution in [-0.2, 0) is 9.53 Å². The molecule has 0 aliphatic rings. The molecule has 0 bridgehead atoms. The zero-order valence-corrected chi connectivity index (χ0v) is 9.87. The Morgan fingerprint density at radius 1 is 1.53 bits per heavy atom. The molecule has 5 heteroatoms. The van der Waals surface area contributed by atoms with Crippen molar-refractivity contribution in [2.45, 2.75) is 18.9 Å². The van der Waals surface area contributed by atoms with Gasteiger partial charge in [-0.1, -0.05) is 19.1 Å². The number of hydrogen-bond acceptors (Lipinski definition) is 3. The number of nitrogens with one attached hydrogen (secondary N) is 1. The molecule has 0 saturated carbocycles.